The fourth-order valence-electron chi connectivity index (χ4n) is 1.87. The van der Waals surface area contributed by atoms with E-state index in [-0.39, 0.29) is 11.9 Å². The van der Waals surface area contributed by atoms with Crippen molar-refractivity contribution in [1.29, 1.82) is 0 Å². The summed E-state index contributed by atoms with van der Waals surface area (Å²) in [6, 6.07) is 0.831. The summed E-state index contributed by atoms with van der Waals surface area (Å²) in [4.78, 5) is 13.5. The lowest BCUT2D eigenvalue weighted by Crippen LogP contribution is -2.50. The van der Waals surface area contributed by atoms with Gasteiger partial charge < -0.3 is 16.0 Å². The molecule has 0 bridgehead atoms. The lowest BCUT2D eigenvalue weighted by atomic mass is 10.1. The van der Waals surface area contributed by atoms with Crippen LogP contribution in [0.5, 0.6) is 0 Å². The number of rotatable bonds is 8. The molecule has 0 saturated heterocycles. The van der Waals surface area contributed by atoms with Crippen LogP contribution in [0.1, 0.15) is 39.5 Å². The number of primary amides is 1. The predicted molar refractivity (Wildman–Crippen MR) is 66.1 cm³/mol. The number of nitrogens with one attached hydrogen (secondary N) is 1. The number of nitrogens with zero attached hydrogens (tertiary/aromatic N) is 1. The Morgan fingerprint density at radius 1 is 1.56 bits per heavy atom. The quantitative estimate of drug-likeness (QED) is 0.642. The van der Waals surface area contributed by atoms with E-state index in [2.05, 4.69) is 31.1 Å². The number of carbonyl (C=O) groups is 1. The first kappa shape index (κ1) is 13.5. The SMILES string of the molecule is CCCC(C)N(C)CC(NC1CC1)C(N)=O. The van der Waals surface area contributed by atoms with Crippen molar-refractivity contribution in [3.05, 3.63) is 0 Å². The topological polar surface area (TPSA) is 58.4 Å². The number of likely N-dealkylation sites (N-methyl/N-ethyl adjacent to an activating group) is 1. The van der Waals surface area contributed by atoms with Crippen LogP contribution in [-0.4, -0.2) is 42.5 Å². The van der Waals surface area contributed by atoms with E-state index >= 15 is 0 Å². The minimum absolute atomic E-state index is 0.197. The summed E-state index contributed by atoms with van der Waals surface area (Å²) in [7, 11) is 2.06. The molecule has 0 spiro atoms. The molecular formula is C12H25N3O. The largest absolute Gasteiger partial charge is 0.368 e. The molecule has 1 aliphatic rings. The zero-order chi connectivity index (χ0) is 12.1. The number of nitrogens with two attached hydrogens (primary N) is 1. The van der Waals surface area contributed by atoms with Crippen molar-refractivity contribution in [2.75, 3.05) is 13.6 Å². The molecule has 16 heavy (non-hydrogen) atoms. The zero-order valence-corrected chi connectivity index (χ0v) is 10.7. The molecule has 3 N–H and O–H groups in total. The third-order valence-corrected chi connectivity index (χ3v) is 3.29. The van der Waals surface area contributed by atoms with Gasteiger partial charge in [-0.15, -0.1) is 0 Å². The smallest absolute Gasteiger partial charge is 0.235 e. The Kier molecular flexibility index (Phi) is 5.22. The van der Waals surface area contributed by atoms with Crippen LogP contribution in [0.2, 0.25) is 0 Å². The highest BCUT2D eigenvalue weighted by Crippen LogP contribution is 2.19. The van der Waals surface area contributed by atoms with Gasteiger partial charge >= 0.3 is 0 Å². The molecule has 4 heteroatoms. The van der Waals surface area contributed by atoms with Crippen molar-refractivity contribution >= 4 is 5.91 Å². The summed E-state index contributed by atoms with van der Waals surface area (Å²) in [5.41, 5.74) is 5.41. The second-order valence-corrected chi connectivity index (χ2v) is 4.97. The Labute approximate surface area is 98.6 Å². The van der Waals surface area contributed by atoms with Crippen LogP contribution < -0.4 is 11.1 Å². The Morgan fingerprint density at radius 3 is 2.62 bits per heavy atom. The fraction of sp³-hybridized carbons (Fsp3) is 0.917. The van der Waals surface area contributed by atoms with Crippen LogP contribution >= 0.6 is 0 Å². The molecule has 0 aromatic rings. The van der Waals surface area contributed by atoms with E-state index in [4.69, 9.17) is 5.73 Å². The second kappa shape index (κ2) is 6.21. The maximum atomic E-state index is 11.3. The van der Waals surface area contributed by atoms with Gasteiger partial charge in [-0.3, -0.25) is 4.79 Å². The van der Waals surface area contributed by atoms with E-state index in [1.165, 1.54) is 19.3 Å². The van der Waals surface area contributed by atoms with E-state index in [0.29, 0.717) is 18.6 Å². The summed E-state index contributed by atoms with van der Waals surface area (Å²) in [5, 5.41) is 3.30. The molecule has 0 aliphatic heterocycles. The average molecular weight is 227 g/mol. The zero-order valence-electron chi connectivity index (χ0n) is 10.7. The highest BCUT2D eigenvalue weighted by molar-refractivity contribution is 5.80. The van der Waals surface area contributed by atoms with Crippen molar-refractivity contribution in [2.45, 2.75) is 57.7 Å². The molecule has 1 saturated carbocycles. The minimum Gasteiger partial charge on any atom is -0.368 e. The van der Waals surface area contributed by atoms with Crippen molar-refractivity contribution in [1.82, 2.24) is 10.2 Å². The maximum absolute atomic E-state index is 11.3. The first-order valence-electron chi connectivity index (χ1n) is 6.30. The van der Waals surface area contributed by atoms with Crippen LogP contribution in [0.25, 0.3) is 0 Å². The number of amides is 1. The molecule has 4 nitrogen and oxygen atoms in total. The fourth-order valence-corrected chi connectivity index (χ4v) is 1.87. The van der Waals surface area contributed by atoms with Crippen LogP contribution in [0, 0.1) is 0 Å². The summed E-state index contributed by atoms with van der Waals surface area (Å²) in [6.07, 6.45) is 4.68. The minimum atomic E-state index is -0.234. The second-order valence-electron chi connectivity index (χ2n) is 4.97. The van der Waals surface area contributed by atoms with Gasteiger partial charge in [0.15, 0.2) is 0 Å². The van der Waals surface area contributed by atoms with E-state index in [0.717, 1.165) is 6.42 Å². The highest BCUT2D eigenvalue weighted by atomic mass is 16.1. The van der Waals surface area contributed by atoms with E-state index in [1.807, 2.05) is 0 Å². The van der Waals surface area contributed by atoms with Gasteiger partial charge in [-0.1, -0.05) is 13.3 Å². The number of hydrogen-bond acceptors (Lipinski definition) is 3. The van der Waals surface area contributed by atoms with Gasteiger partial charge in [-0.25, -0.2) is 0 Å². The monoisotopic (exact) mass is 227 g/mol. The van der Waals surface area contributed by atoms with Crippen LogP contribution in [0.3, 0.4) is 0 Å². The first-order chi connectivity index (χ1) is 7.54. The lowest BCUT2D eigenvalue weighted by molar-refractivity contribution is -0.120. The Hall–Kier alpha value is -0.610. The molecule has 0 heterocycles. The third kappa shape index (κ3) is 4.49. The molecule has 0 aromatic carbocycles. The molecule has 1 rings (SSSR count). The normalized spacial score (nSPS) is 19.8. The van der Waals surface area contributed by atoms with Crippen LogP contribution in [-0.2, 0) is 4.79 Å². The summed E-state index contributed by atoms with van der Waals surface area (Å²) in [6.45, 7) is 5.09. The Morgan fingerprint density at radius 2 is 2.19 bits per heavy atom. The average Bonchev–Trinajstić information content (AvgIpc) is 3.00. The first-order valence-corrected chi connectivity index (χ1v) is 6.30. The van der Waals surface area contributed by atoms with Gasteiger partial charge in [0.1, 0.15) is 0 Å². The third-order valence-electron chi connectivity index (χ3n) is 3.29. The molecule has 0 aromatic heterocycles. The van der Waals surface area contributed by atoms with Crippen LogP contribution in [0.15, 0.2) is 0 Å². The van der Waals surface area contributed by atoms with Crippen LogP contribution in [0.4, 0.5) is 0 Å². The molecular weight excluding hydrogens is 202 g/mol. The predicted octanol–water partition coefficient (Wildman–Crippen LogP) is 0.713. The van der Waals surface area contributed by atoms with E-state index in [9.17, 15) is 4.79 Å². The van der Waals surface area contributed by atoms with Crippen molar-refractivity contribution in [2.24, 2.45) is 5.73 Å². The van der Waals surface area contributed by atoms with Crippen molar-refractivity contribution in [3.8, 4) is 0 Å². The molecule has 1 aliphatic carbocycles. The highest BCUT2D eigenvalue weighted by Gasteiger charge is 2.28. The molecule has 2 atom stereocenters. The van der Waals surface area contributed by atoms with Crippen molar-refractivity contribution < 1.29 is 4.79 Å². The van der Waals surface area contributed by atoms with Gasteiger partial charge in [0.25, 0.3) is 0 Å². The summed E-state index contributed by atoms with van der Waals surface area (Å²) >= 11 is 0. The molecule has 0 radical (unpaired) electrons. The molecule has 2 unspecified atom stereocenters. The lowest BCUT2D eigenvalue weighted by Gasteiger charge is -2.28. The van der Waals surface area contributed by atoms with E-state index in [1.54, 1.807) is 0 Å². The van der Waals surface area contributed by atoms with Gasteiger partial charge in [-0.2, -0.15) is 0 Å². The van der Waals surface area contributed by atoms with E-state index < -0.39 is 0 Å². The van der Waals surface area contributed by atoms with Crippen molar-refractivity contribution in [3.63, 3.8) is 0 Å². The Bertz CT molecular complexity index is 228. The molecule has 1 amide bonds. The van der Waals surface area contributed by atoms with Gasteiger partial charge in [0, 0.05) is 18.6 Å². The maximum Gasteiger partial charge on any atom is 0.235 e. The summed E-state index contributed by atoms with van der Waals surface area (Å²) < 4.78 is 0. The van der Waals surface area contributed by atoms with Gasteiger partial charge in [-0.05, 0) is 33.2 Å². The molecule has 94 valence electrons. The standard InChI is InChI=1S/C12H25N3O/c1-4-5-9(2)15(3)8-11(12(13)16)14-10-6-7-10/h9-11,14H,4-8H2,1-3H3,(H2,13,16). The number of hydrogen-bond donors (Lipinski definition) is 2. The van der Waals surface area contributed by atoms with Gasteiger partial charge in [0.05, 0.1) is 6.04 Å². The Balaban J connectivity index is 2.36. The van der Waals surface area contributed by atoms with Gasteiger partial charge in [0.2, 0.25) is 5.91 Å². The molecule has 1 fully saturated rings. The number of carbonyl (C=O) groups excluding carboxylic acids is 1. The summed E-state index contributed by atoms with van der Waals surface area (Å²) in [5.74, 6) is -0.234.